The van der Waals surface area contributed by atoms with E-state index in [1.165, 1.54) is 31.2 Å². The van der Waals surface area contributed by atoms with Gasteiger partial charge in [-0.25, -0.2) is 13.6 Å². The van der Waals surface area contributed by atoms with Crippen LogP contribution in [0.5, 0.6) is 0 Å². The summed E-state index contributed by atoms with van der Waals surface area (Å²) in [6, 6.07) is 12.8. The number of benzene rings is 2. The van der Waals surface area contributed by atoms with Crippen LogP contribution in [0, 0.1) is 6.92 Å². The van der Waals surface area contributed by atoms with E-state index in [4.69, 9.17) is 9.88 Å². The zero-order valence-corrected chi connectivity index (χ0v) is 15.2. The lowest BCUT2D eigenvalue weighted by molar-refractivity contribution is -0.152. The Morgan fingerprint density at radius 1 is 1.08 bits per heavy atom. The van der Waals surface area contributed by atoms with Gasteiger partial charge in [0.15, 0.2) is 6.10 Å². The van der Waals surface area contributed by atoms with Gasteiger partial charge in [-0.3, -0.25) is 9.59 Å². The van der Waals surface area contributed by atoms with Crippen LogP contribution in [0.4, 0.5) is 5.69 Å². The highest BCUT2D eigenvalue weighted by atomic mass is 32.2. The average molecular weight is 376 g/mol. The molecule has 0 aromatic heterocycles. The lowest BCUT2D eigenvalue weighted by Crippen LogP contribution is -2.30. The number of rotatable bonds is 6. The van der Waals surface area contributed by atoms with Crippen LogP contribution in [-0.4, -0.2) is 26.4 Å². The SMILES string of the molecule is Cc1ccc(CC(=O)O[C@@H](C)C(=O)Nc2ccc(S(N)(=O)=O)cc2)cc1. The zero-order chi connectivity index (χ0) is 19.3. The van der Waals surface area contributed by atoms with Crippen LogP contribution in [0.15, 0.2) is 53.4 Å². The first-order valence-electron chi connectivity index (χ1n) is 7.84. The smallest absolute Gasteiger partial charge is 0.311 e. The van der Waals surface area contributed by atoms with E-state index in [0.717, 1.165) is 11.1 Å². The number of hydrogen-bond donors (Lipinski definition) is 2. The van der Waals surface area contributed by atoms with Gasteiger partial charge in [0.25, 0.3) is 5.91 Å². The first-order chi connectivity index (χ1) is 12.1. The Morgan fingerprint density at radius 3 is 2.19 bits per heavy atom. The molecule has 0 radical (unpaired) electrons. The van der Waals surface area contributed by atoms with Gasteiger partial charge in [0, 0.05) is 5.69 Å². The minimum absolute atomic E-state index is 0.0620. The van der Waals surface area contributed by atoms with E-state index in [1.807, 2.05) is 31.2 Å². The van der Waals surface area contributed by atoms with E-state index in [-0.39, 0.29) is 11.3 Å². The number of nitrogens with two attached hydrogens (primary N) is 1. The van der Waals surface area contributed by atoms with Gasteiger partial charge in [0.2, 0.25) is 10.0 Å². The second kappa shape index (κ2) is 8.11. The number of amides is 1. The number of ether oxygens (including phenoxy) is 1. The zero-order valence-electron chi connectivity index (χ0n) is 14.4. The quantitative estimate of drug-likeness (QED) is 0.745. The van der Waals surface area contributed by atoms with E-state index in [0.29, 0.717) is 5.69 Å². The number of esters is 1. The number of carbonyl (C=O) groups excluding carboxylic acids is 2. The Hall–Kier alpha value is -2.71. The van der Waals surface area contributed by atoms with Crippen molar-refractivity contribution < 1.29 is 22.7 Å². The summed E-state index contributed by atoms with van der Waals surface area (Å²) in [5.74, 6) is -1.04. The molecule has 0 unspecified atom stereocenters. The fraction of sp³-hybridized carbons (Fsp3) is 0.222. The van der Waals surface area contributed by atoms with E-state index in [9.17, 15) is 18.0 Å². The summed E-state index contributed by atoms with van der Waals surface area (Å²) in [7, 11) is -3.79. The van der Waals surface area contributed by atoms with Crippen molar-refractivity contribution in [2.45, 2.75) is 31.3 Å². The third-order valence-electron chi connectivity index (χ3n) is 3.60. The number of nitrogens with one attached hydrogen (secondary N) is 1. The first kappa shape index (κ1) is 19.6. The Balaban J connectivity index is 1.90. The Labute approximate surface area is 152 Å². The van der Waals surface area contributed by atoms with Crippen LogP contribution >= 0.6 is 0 Å². The van der Waals surface area contributed by atoms with Crippen molar-refractivity contribution in [1.82, 2.24) is 0 Å². The molecular formula is C18H20N2O5S. The molecule has 0 saturated heterocycles. The maximum Gasteiger partial charge on any atom is 0.311 e. The van der Waals surface area contributed by atoms with Crippen molar-refractivity contribution in [1.29, 1.82) is 0 Å². The molecule has 0 bridgehead atoms. The fourth-order valence-electron chi connectivity index (χ4n) is 2.14. The summed E-state index contributed by atoms with van der Waals surface area (Å²) in [5, 5.41) is 7.56. The molecule has 0 heterocycles. The summed E-state index contributed by atoms with van der Waals surface area (Å²) in [4.78, 5) is 24.0. The second-order valence-electron chi connectivity index (χ2n) is 5.85. The lowest BCUT2D eigenvalue weighted by Gasteiger charge is -2.14. The predicted octanol–water partition coefficient (Wildman–Crippen LogP) is 1.76. The monoisotopic (exact) mass is 376 g/mol. The largest absolute Gasteiger partial charge is 0.452 e. The highest BCUT2D eigenvalue weighted by Gasteiger charge is 2.18. The molecule has 2 aromatic carbocycles. The van der Waals surface area contributed by atoms with Gasteiger partial charge in [-0.05, 0) is 43.7 Å². The molecule has 1 amide bonds. The Bertz CT molecular complexity index is 890. The van der Waals surface area contributed by atoms with E-state index >= 15 is 0 Å². The van der Waals surface area contributed by atoms with E-state index in [2.05, 4.69) is 5.32 Å². The van der Waals surface area contributed by atoms with Crippen LogP contribution in [0.2, 0.25) is 0 Å². The topological polar surface area (TPSA) is 116 Å². The first-order valence-corrected chi connectivity index (χ1v) is 9.38. The third kappa shape index (κ3) is 5.68. The molecule has 138 valence electrons. The maximum atomic E-state index is 12.1. The van der Waals surface area contributed by atoms with Crippen LogP contribution in [0.3, 0.4) is 0 Å². The van der Waals surface area contributed by atoms with Crippen LogP contribution in [0.25, 0.3) is 0 Å². The van der Waals surface area contributed by atoms with Crippen molar-refractivity contribution in [3.8, 4) is 0 Å². The highest BCUT2D eigenvalue weighted by molar-refractivity contribution is 7.89. The molecule has 2 aromatic rings. The standard InChI is InChI=1S/C18H20N2O5S/c1-12-3-5-14(6-4-12)11-17(21)25-13(2)18(22)20-15-7-9-16(10-8-15)26(19,23)24/h3-10,13H,11H2,1-2H3,(H,20,22)(H2,19,23,24)/t13-/m0/s1. The molecule has 26 heavy (non-hydrogen) atoms. The summed E-state index contributed by atoms with van der Waals surface area (Å²) < 4.78 is 27.5. The van der Waals surface area contributed by atoms with Crippen molar-refractivity contribution in [2.24, 2.45) is 5.14 Å². The molecule has 0 fully saturated rings. The van der Waals surface area contributed by atoms with Crippen molar-refractivity contribution >= 4 is 27.6 Å². The number of sulfonamides is 1. The van der Waals surface area contributed by atoms with E-state index in [1.54, 1.807) is 0 Å². The average Bonchev–Trinajstić information content (AvgIpc) is 2.56. The van der Waals surface area contributed by atoms with Crippen LogP contribution < -0.4 is 10.5 Å². The van der Waals surface area contributed by atoms with Gasteiger partial charge < -0.3 is 10.1 Å². The van der Waals surface area contributed by atoms with Gasteiger partial charge in [-0.1, -0.05) is 29.8 Å². The summed E-state index contributed by atoms with van der Waals surface area (Å²) in [6.45, 7) is 3.41. The molecule has 1 atom stereocenters. The molecule has 0 aliphatic rings. The van der Waals surface area contributed by atoms with Gasteiger partial charge in [0.05, 0.1) is 11.3 Å². The highest BCUT2D eigenvalue weighted by Crippen LogP contribution is 2.13. The summed E-state index contributed by atoms with van der Waals surface area (Å²) in [6.07, 6.45) is -0.924. The number of carbonyl (C=O) groups is 2. The number of anilines is 1. The van der Waals surface area contributed by atoms with Crippen molar-refractivity contribution in [3.63, 3.8) is 0 Å². The molecule has 0 aliphatic heterocycles. The van der Waals surface area contributed by atoms with Crippen LogP contribution in [-0.2, 0) is 30.8 Å². The molecule has 0 spiro atoms. The second-order valence-corrected chi connectivity index (χ2v) is 7.41. The van der Waals surface area contributed by atoms with Gasteiger partial charge >= 0.3 is 5.97 Å². The molecule has 7 nitrogen and oxygen atoms in total. The molecule has 8 heteroatoms. The summed E-state index contributed by atoms with van der Waals surface area (Å²) in [5.41, 5.74) is 2.25. The number of primary sulfonamides is 1. The maximum absolute atomic E-state index is 12.1. The van der Waals surface area contributed by atoms with Gasteiger partial charge in [-0.2, -0.15) is 0 Å². The molecule has 2 rings (SSSR count). The molecule has 0 saturated carbocycles. The van der Waals surface area contributed by atoms with E-state index < -0.39 is 28.0 Å². The van der Waals surface area contributed by atoms with Gasteiger partial charge in [-0.15, -0.1) is 0 Å². The van der Waals surface area contributed by atoms with Crippen molar-refractivity contribution in [2.75, 3.05) is 5.32 Å². The Kier molecular flexibility index (Phi) is 6.12. The third-order valence-corrected chi connectivity index (χ3v) is 4.53. The predicted molar refractivity (Wildman–Crippen MR) is 96.9 cm³/mol. The number of hydrogen-bond acceptors (Lipinski definition) is 5. The lowest BCUT2D eigenvalue weighted by atomic mass is 10.1. The van der Waals surface area contributed by atoms with Crippen molar-refractivity contribution in [3.05, 3.63) is 59.7 Å². The minimum atomic E-state index is -3.79. The molecule has 3 N–H and O–H groups in total. The molecular weight excluding hydrogens is 356 g/mol. The normalized spacial score (nSPS) is 12.3. The van der Waals surface area contributed by atoms with Crippen LogP contribution in [0.1, 0.15) is 18.1 Å². The Morgan fingerprint density at radius 2 is 1.65 bits per heavy atom. The molecule has 0 aliphatic carbocycles. The fourth-order valence-corrected chi connectivity index (χ4v) is 2.65. The number of aryl methyl sites for hydroxylation is 1. The minimum Gasteiger partial charge on any atom is -0.452 e. The van der Waals surface area contributed by atoms with Gasteiger partial charge in [0.1, 0.15) is 0 Å². The summed E-state index contributed by atoms with van der Waals surface area (Å²) >= 11 is 0.